The quantitative estimate of drug-likeness (QED) is 0.573. The molecule has 1 amide bonds. The van der Waals surface area contributed by atoms with E-state index in [1.165, 1.54) is 11.3 Å². The molecule has 5 nitrogen and oxygen atoms in total. The van der Waals surface area contributed by atoms with Crippen molar-refractivity contribution in [3.63, 3.8) is 0 Å². The van der Waals surface area contributed by atoms with Gasteiger partial charge in [0.05, 0.1) is 16.1 Å². The summed E-state index contributed by atoms with van der Waals surface area (Å²) >= 11 is 1.50. The van der Waals surface area contributed by atoms with Gasteiger partial charge < -0.3 is 5.32 Å². The number of carbonyl (C=O) groups excluding carboxylic acids is 1. The Morgan fingerprint density at radius 1 is 1.19 bits per heavy atom. The molecule has 4 aromatic rings. The first-order chi connectivity index (χ1) is 13.1. The van der Waals surface area contributed by atoms with Gasteiger partial charge in [-0.05, 0) is 42.3 Å². The first-order valence-corrected chi connectivity index (χ1v) is 9.65. The molecular weight excluding hydrogens is 356 g/mol. The molecule has 0 saturated heterocycles. The molecule has 0 aliphatic carbocycles. The van der Waals surface area contributed by atoms with Gasteiger partial charge >= 0.3 is 0 Å². The molecule has 0 saturated carbocycles. The summed E-state index contributed by atoms with van der Waals surface area (Å²) in [6, 6.07) is 14.0. The molecule has 1 aromatic carbocycles. The molecule has 0 aliphatic rings. The van der Waals surface area contributed by atoms with Crippen molar-refractivity contribution in [3.8, 4) is 10.4 Å². The summed E-state index contributed by atoms with van der Waals surface area (Å²) in [6.07, 6.45) is 4.32. The van der Waals surface area contributed by atoms with E-state index in [2.05, 4.69) is 27.5 Å². The highest BCUT2D eigenvalue weighted by Gasteiger charge is 2.12. The summed E-state index contributed by atoms with van der Waals surface area (Å²) in [5, 5.41) is 8.73. The number of nitrogens with one attached hydrogen (secondary N) is 1. The van der Waals surface area contributed by atoms with Crippen LogP contribution in [0.15, 0.2) is 54.9 Å². The van der Waals surface area contributed by atoms with Gasteiger partial charge in [0.1, 0.15) is 0 Å². The first-order valence-electron chi connectivity index (χ1n) is 8.83. The maximum absolute atomic E-state index is 12.5. The highest BCUT2D eigenvalue weighted by Crippen LogP contribution is 2.30. The molecule has 0 bridgehead atoms. The normalized spacial score (nSPS) is 11.0. The number of rotatable bonds is 5. The first kappa shape index (κ1) is 17.4. The molecule has 0 fully saturated rings. The zero-order chi connectivity index (χ0) is 18.8. The molecule has 6 heteroatoms. The fourth-order valence-corrected chi connectivity index (χ4v) is 4.22. The molecule has 3 aromatic heterocycles. The van der Waals surface area contributed by atoms with Crippen molar-refractivity contribution in [2.75, 3.05) is 6.54 Å². The molecule has 0 unspecified atom stereocenters. The Morgan fingerprint density at radius 3 is 2.89 bits per heavy atom. The second kappa shape index (κ2) is 7.32. The number of aromatic nitrogens is 3. The lowest BCUT2D eigenvalue weighted by molar-refractivity contribution is 0.0958. The number of fused-ring (bicyclic) bond motifs is 1. The fourth-order valence-electron chi connectivity index (χ4n) is 3.21. The Balaban J connectivity index is 1.42. The second-order valence-corrected chi connectivity index (χ2v) is 7.53. The van der Waals surface area contributed by atoms with Gasteiger partial charge in [-0.3, -0.25) is 14.5 Å². The van der Waals surface area contributed by atoms with E-state index in [9.17, 15) is 4.79 Å². The van der Waals surface area contributed by atoms with Crippen LogP contribution in [0.3, 0.4) is 0 Å². The molecule has 3 heterocycles. The van der Waals surface area contributed by atoms with Crippen LogP contribution in [-0.2, 0) is 13.5 Å². The number of carbonyl (C=O) groups is 1. The van der Waals surface area contributed by atoms with E-state index in [0.29, 0.717) is 17.8 Å². The van der Waals surface area contributed by atoms with Crippen LogP contribution in [0.5, 0.6) is 0 Å². The van der Waals surface area contributed by atoms with Gasteiger partial charge in [0.2, 0.25) is 0 Å². The molecule has 27 heavy (non-hydrogen) atoms. The number of pyridine rings is 1. The van der Waals surface area contributed by atoms with E-state index in [4.69, 9.17) is 0 Å². The van der Waals surface area contributed by atoms with Crippen molar-refractivity contribution in [1.29, 1.82) is 0 Å². The van der Waals surface area contributed by atoms with Crippen LogP contribution in [0.25, 0.3) is 21.3 Å². The summed E-state index contributed by atoms with van der Waals surface area (Å²) in [6.45, 7) is 2.58. The summed E-state index contributed by atoms with van der Waals surface area (Å²) in [4.78, 5) is 18.4. The van der Waals surface area contributed by atoms with E-state index >= 15 is 0 Å². The smallest absolute Gasteiger partial charge is 0.261 e. The van der Waals surface area contributed by atoms with Crippen LogP contribution >= 0.6 is 11.3 Å². The topological polar surface area (TPSA) is 59.8 Å². The monoisotopic (exact) mass is 376 g/mol. The van der Waals surface area contributed by atoms with Crippen molar-refractivity contribution in [2.45, 2.75) is 13.3 Å². The Morgan fingerprint density at radius 2 is 2.04 bits per heavy atom. The van der Waals surface area contributed by atoms with Crippen LogP contribution in [0, 0.1) is 6.92 Å². The van der Waals surface area contributed by atoms with Crippen molar-refractivity contribution < 1.29 is 4.79 Å². The predicted molar refractivity (Wildman–Crippen MR) is 109 cm³/mol. The minimum absolute atomic E-state index is 0.0433. The van der Waals surface area contributed by atoms with E-state index in [1.807, 2.05) is 55.2 Å². The van der Waals surface area contributed by atoms with Crippen LogP contribution < -0.4 is 5.32 Å². The molecular formula is C21H20N4OS. The predicted octanol–water partition coefficient (Wildman–Crippen LogP) is 3.98. The van der Waals surface area contributed by atoms with E-state index < -0.39 is 0 Å². The molecule has 0 radical (unpaired) electrons. The zero-order valence-electron chi connectivity index (χ0n) is 15.3. The standard InChI is InChI=1S/C21H20N4OS/c1-14-13-22-11-9-15(14)19-7-8-20(27-19)21(26)23-12-10-17-16-5-3-4-6-18(16)25(2)24-17/h3-9,11,13H,10,12H2,1-2H3,(H,23,26). The summed E-state index contributed by atoms with van der Waals surface area (Å²) in [5.74, 6) is -0.0433. The molecule has 4 rings (SSSR count). The maximum atomic E-state index is 12.5. The van der Waals surface area contributed by atoms with Gasteiger partial charge in [-0.25, -0.2) is 0 Å². The van der Waals surface area contributed by atoms with Crippen molar-refractivity contribution in [1.82, 2.24) is 20.1 Å². The van der Waals surface area contributed by atoms with Gasteiger partial charge in [-0.1, -0.05) is 18.2 Å². The third-order valence-corrected chi connectivity index (χ3v) is 5.71. The van der Waals surface area contributed by atoms with Gasteiger partial charge in [0, 0.05) is 42.7 Å². The molecule has 1 N–H and O–H groups in total. The van der Waals surface area contributed by atoms with Gasteiger partial charge in [-0.2, -0.15) is 5.10 Å². The van der Waals surface area contributed by atoms with E-state index in [-0.39, 0.29) is 5.91 Å². The highest BCUT2D eigenvalue weighted by atomic mass is 32.1. The van der Waals surface area contributed by atoms with Gasteiger partial charge in [0.25, 0.3) is 5.91 Å². The zero-order valence-corrected chi connectivity index (χ0v) is 16.1. The SMILES string of the molecule is Cc1cnccc1-c1ccc(C(=O)NCCc2nn(C)c3ccccc23)s1. The lowest BCUT2D eigenvalue weighted by Crippen LogP contribution is -2.25. The third kappa shape index (κ3) is 3.48. The van der Waals surface area contributed by atoms with E-state index in [1.54, 1.807) is 6.20 Å². The minimum Gasteiger partial charge on any atom is -0.351 e. The highest BCUT2D eigenvalue weighted by molar-refractivity contribution is 7.17. The number of nitrogens with zero attached hydrogens (tertiary/aromatic N) is 3. The number of hydrogen-bond acceptors (Lipinski definition) is 4. The third-order valence-electron chi connectivity index (χ3n) is 4.60. The van der Waals surface area contributed by atoms with Gasteiger partial charge in [0.15, 0.2) is 0 Å². The Hall–Kier alpha value is -2.99. The van der Waals surface area contributed by atoms with Crippen molar-refractivity contribution in [3.05, 3.63) is 71.0 Å². The second-order valence-electron chi connectivity index (χ2n) is 6.45. The average molecular weight is 376 g/mol. The lowest BCUT2D eigenvalue weighted by Gasteiger charge is -2.03. The van der Waals surface area contributed by atoms with E-state index in [0.717, 1.165) is 32.6 Å². The fraction of sp³-hybridized carbons (Fsp3) is 0.190. The van der Waals surface area contributed by atoms with Crippen LogP contribution in [0.1, 0.15) is 20.9 Å². The molecule has 0 aliphatic heterocycles. The van der Waals surface area contributed by atoms with Crippen LogP contribution in [-0.4, -0.2) is 27.2 Å². The van der Waals surface area contributed by atoms with Gasteiger partial charge in [-0.15, -0.1) is 11.3 Å². The largest absolute Gasteiger partial charge is 0.351 e. The summed E-state index contributed by atoms with van der Waals surface area (Å²) in [7, 11) is 1.94. The van der Waals surface area contributed by atoms with Crippen LogP contribution in [0.2, 0.25) is 0 Å². The average Bonchev–Trinajstić information content (AvgIpc) is 3.28. The molecule has 0 atom stereocenters. The Kier molecular flexibility index (Phi) is 4.73. The molecule has 136 valence electrons. The number of para-hydroxylation sites is 1. The summed E-state index contributed by atoms with van der Waals surface area (Å²) < 4.78 is 1.88. The minimum atomic E-state index is -0.0433. The number of amides is 1. The number of aryl methyl sites for hydroxylation is 2. The summed E-state index contributed by atoms with van der Waals surface area (Å²) in [5.41, 5.74) is 4.34. The van der Waals surface area contributed by atoms with Crippen molar-refractivity contribution in [2.24, 2.45) is 7.05 Å². The van der Waals surface area contributed by atoms with Crippen molar-refractivity contribution >= 4 is 28.1 Å². The molecule has 0 spiro atoms. The number of hydrogen-bond donors (Lipinski definition) is 1. The van der Waals surface area contributed by atoms with Crippen LogP contribution in [0.4, 0.5) is 0 Å². The maximum Gasteiger partial charge on any atom is 0.261 e. The Bertz CT molecular complexity index is 1110. The number of thiophene rings is 1. The lowest BCUT2D eigenvalue weighted by atomic mass is 10.1. The number of benzene rings is 1. The Labute approximate surface area is 161 Å².